The summed E-state index contributed by atoms with van der Waals surface area (Å²) >= 11 is 0. The van der Waals surface area contributed by atoms with Gasteiger partial charge in [-0.25, -0.2) is 0 Å². The Morgan fingerprint density at radius 2 is 1.85 bits per heavy atom. The summed E-state index contributed by atoms with van der Waals surface area (Å²) in [6.45, 7) is 12.2. The van der Waals surface area contributed by atoms with Crippen LogP contribution in [-0.4, -0.2) is 32.1 Å². The number of carbonyl (C=O) groups is 1. The molecule has 1 aromatic carbocycles. The van der Waals surface area contributed by atoms with Gasteiger partial charge >= 0.3 is 0 Å². The molecule has 1 heterocycles. The van der Waals surface area contributed by atoms with Crippen LogP contribution < -0.4 is 15.4 Å². The highest BCUT2D eigenvalue weighted by molar-refractivity contribution is 5.85. The van der Waals surface area contributed by atoms with E-state index in [-0.39, 0.29) is 23.7 Å². The highest BCUT2D eigenvalue weighted by Crippen LogP contribution is 2.25. The first-order valence-electron chi connectivity index (χ1n) is 10.1. The van der Waals surface area contributed by atoms with Crippen molar-refractivity contribution in [3.63, 3.8) is 0 Å². The number of halogens is 1. The van der Waals surface area contributed by atoms with Gasteiger partial charge in [0.2, 0.25) is 5.91 Å². The SMILES string of the molecule is CC(C)COc1ccc(C(C)(C)CNC(=O)CCC2CCNCC2)cc1.Cl. The monoisotopic (exact) mass is 396 g/mol. The van der Waals surface area contributed by atoms with E-state index in [1.54, 1.807) is 0 Å². The van der Waals surface area contributed by atoms with Crippen molar-refractivity contribution in [2.45, 2.75) is 58.8 Å². The lowest BCUT2D eigenvalue weighted by molar-refractivity contribution is -0.121. The summed E-state index contributed by atoms with van der Waals surface area (Å²) in [5.74, 6) is 2.30. The normalized spacial score (nSPS) is 15.3. The molecule has 1 aromatic rings. The van der Waals surface area contributed by atoms with Gasteiger partial charge in [0.25, 0.3) is 0 Å². The Labute approximate surface area is 171 Å². The lowest BCUT2D eigenvalue weighted by atomic mass is 9.84. The van der Waals surface area contributed by atoms with Crippen LogP contribution >= 0.6 is 12.4 Å². The Bertz CT molecular complexity index is 552. The molecule has 1 saturated heterocycles. The summed E-state index contributed by atoms with van der Waals surface area (Å²) in [6.07, 6.45) is 4.05. The number of amides is 1. The molecule has 1 aliphatic heterocycles. The van der Waals surface area contributed by atoms with Crippen LogP contribution in [0.2, 0.25) is 0 Å². The van der Waals surface area contributed by atoms with Crippen LogP contribution in [0.1, 0.15) is 58.9 Å². The van der Waals surface area contributed by atoms with Gasteiger partial charge in [-0.2, -0.15) is 0 Å². The van der Waals surface area contributed by atoms with Gasteiger partial charge in [0, 0.05) is 18.4 Å². The summed E-state index contributed by atoms with van der Waals surface area (Å²) < 4.78 is 5.75. The highest BCUT2D eigenvalue weighted by atomic mass is 35.5. The van der Waals surface area contributed by atoms with E-state index in [0.717, 1.165) is 31.9 Å². The number of rotatable bonds is 9. The Kier molecular flexibility index (Phi) is 10.2. The minimum atomic E-state index is -0.0962. The number of piperidine rings is 1. The maximum atomic E-state index is 12.2. The van der Waals surface area contributed by atoms with Crippen molar-refractivity contribution < 1.29 is 9.53 Å². The van der Waals surface area contributed by atoms with Crippen molar-refractivity contribution in [2.75, 3.05) is 26.2 Å². The molecule has 0 radical (unpaired) electrons. The zero-order valence-electron chi connectivity index (χ0n) is 17.3. The van der Waals surface area contributed by atoms with Crippen LogP contribution in [0.3, 0.4) is 0 Å². The van der Waals surface area contributed by atoms with Gasteiger partial charge < -0.3 is 15.4 Å². The standard InChI is InChI=1S/C22H36N2O2.ClH/c1-17(2)15-26-20-8-6-19(7-9-20)22(3,4)16-24-21(25)10-5-18-11-13-23-14-12-18;/h6-9,17-18,23H,5,10-16H2,1-4H3,(H,24,25);1H. The van der Waals surface area contributed by atoms with E-state index in [9.17, 15) is 4.79 Å². The second-order valence-corrected chi connectivity index (χ2v) is 8.62. The summed E-state index contributed by atoms with van der Waals surface area (Å²) in [7, 11) is 0. The average molecular weight is 397 g/mol. The molecular formula is C22H37ClN2O2. The minimum Gasteiger partial charge on any atom is -0.493 e. The second-order valence-electron chi connectivity index (χ2n) is 8.62. The minimum absolute atomic E-state index is 0. The first-order valence-corrected chi connectivity index (χ1v) is 10.1. The first kappa shape index (κ1) is 23.8. The third-order valence-corrected chi connectivity index (χ3v) is 5.18. The van der Waals surface area contributed by atoms with Crippen LogP contribution in [0.15, 0.2) is 24.3 Å². The molecular weight excluding hydrogens is 360 g/mol. The quantitative estimate of drug-likeness (QED) is 0.653. The van der Waals surface area contributed by atoms with Crippen LogP contribution in [0, 0.1) is 11.8 Å². The van der Waals surface area contributed by atoms with Gasteiger partial charge in [-0.15, -0.1) is 12.4 Å². The molecule has 1 aliphatic rings. The zero-order chi connectivity index (χ0) is 19.0. The number of carbonyl (C=O) groups excluding carboxylic acids is 1. The molecule has 154 valence electrons. The Balaban J connectivity index is 0.00000364. The number of benzene rings is 1. The second kappa shape index (κ2) is 11.6. The summed E-state index contributed by atoms with van der Waals surface area (Å²) in [5.41, 5.74) is 1.12. The van der Waals surface area contributed by atoms with Crippen molar-refractivity contribution >= 4 is 18.3 Å². The maximum absolute atomic E-state index is 12.2. The molecule has 0 spiro atoms. The predicted octanol–water partition coefficient (Wildman–Crippen LogP) is 4.32. The maximum Gasteiger partial charge on any atom is 0.220 e. The molecule has 0 bridgehead atoms. The van der Waals surface area contributed by atoms with Crippen molar-refractivity contribution in [3.8, 4) is 5.75 Å². The third-order valence-electron chi connectivity index (χ3n) is 5.18. The number of hydrogen-bond acceptors (Lipinski definition) is 3. The molecule has 1 fully saturated rings. The number of nitrogens with one attached hydrogen (secondary N) is 2. The Morgan fingerprint density at radius 3 is 2.44 bits per heavy atom. The van der Waals surface area contributed by atoms with E-state index in [4.69, 9.17) is 4.74 Å². The lowest BCUT2D eigenvalue weighted by Gasteiger charge is -2.26. The highest BCUT2D eigenvalue weighted by Gasteiger charge is 2.22. The average Bonchev–Trinajstić information content (AvgIpc) is 2.64. The molecule has 27 heavy (non-hydrogen) atoms. The third kappa shape index (κ3) is 8.52. The van der Waals surface area contributed by atoms with E-state index in [2.05, 4.69) is 50.5 Å². The summed E-state index contributed by atoms with van der Waals surface area (Å²) in [4.78, 5) is 12.2. The van der Waals surface area contributed by atoms with E-state index < -0.39 is 0 Å². The van der Waals surface area contributed by atoms with Gasteiger partial charge in [-0.05, 0) is 61.9 Å². The molecule has 1 amide bonds. The zero-order valence-corrected chi connectivity index (χ0v) is 18.2. The van der Waals surface area contributed by atoms with Gasteiger partial charge in [0.1, 0.15) is 5.75 Å². The van der Waals surface area contributed by atoms with Gasteiger partial charge in [-0.1, -0.05) is 39.8 Å². The van der Waals surface area contributed by atoms with E-state index in [1.807, 2.05) is 12.1 Å². The molecule has 2 N–H and O–H groups in total. The van der Waals surface area contributed by atoms with Gasteiger partial charge in [0.15, 0.2) is 0 Å². The fourth-order valence-corrected chi connectivity index (χ4v) is 3.28. The van der Waals surface area contributed by atoms with Gasteiger partial charge in [0.05, 0.1) is 6.61 Å². The van der Waals surface area contributed by atoms with Crippen molar-refractivity contribution in [3.05, 3.63) is 29.8 Å². The summed E-state index contributed by atoms with van der Waals surface area (Å²) in [6, 6.07) is 8.27. The van der Waals surface area contributed by atoms with E-state index in [0.29, 0.717) is 24.8 Å². The van der Waals surface area contributed by atoms with Crippen molar-refractivity contribution in [1.29, 1.82) is 0 Å². The van der Waals surface area contributed by atoms with Gasteiger partial charge in [-0.3, -0.25) is 4.79 Å². The lowest BCUT2D eigenvalue weighted by Crippen LogP contribution is -2.37. The fourth-order valence-electron chi connectivity index (χ4n) is 3.28. The van der Waals surface area contributed by atoms with E-state index >= 15 is 0 Å². The predicted molar refractivity (Wildman–Crippen MR) is 115 cm³/mol. The van der Waals surface area contributed by atoms with Crippen molar-refractivity contribution in [1.82, 2.24) is 10.6 Å². The molecule has 0 saturated carbocycles. The number of ether oxygens (including phenoxy) is 1. The van der Waals surface area contributed by atoms with Crippen molar-refractivity contribution in [2.24, 2.45) is 11.8 Å². The van der Waals surface area contributed by atoms with Crippen LogP contribution in [0.4, 0.5) is 0 Å². The first-order chi connectivity index (χ1) is 12.4. The van der Waals surface area contributed by atoms with E-state index in [1.165, 1.54) is 18.4 Å². The Morgan fingerprint density at radius 1 is 1.22 bits per heavy atom. The molecule has 0 unspecified atom stereocenters. The van der Waals surface area contributed by atoms with Crippen LogP contribution in [0.25, 0.3) is 0 Å². The van der Waals surface area contributed by atoms with Crippen LogP contribution in [-0.2, 0) is 10.2 Å². The smallest absolute Gasteiger partial charge is 0.220 e. The number of hydrogen-bond donors (Lipinski definition) is 2. The molecule has 0 aliphatic carbocycles. The largest absolute Gasteiger partial charge is 0.493 e. The fraction of sp³-hybridized carbons (Fsp3) is 0.682. The summed E-state index contributed by atoms with van der Waals surface area (Å²) in [5, 5.41) is 6.50. The topological polar surface area (TPSA) is 50.4 Å². The van der Waals surface area contributed by atoms with Crippen LogP contribution in [0.5, 0.6) is 5.75 Å². The molecule has 4 nitrogen and oxygen atoms in total. The molecule has 0 atom stereocenters. The molecule has 5 heteroatoms. The molecule has 0 aromatic heterocycles. The molecule has 2 rings (SSSR count). The Hall–Kier alpha value is -1.26.